The predicted molar refractivity (Wildman–Crippen MR) is 91.3 cm³/mol. The number of methoxy groups -OCH3 is 1. The predicted octanol–water partition coefficient (Wildman–Crippen LogP) is 5.23. The van der Waals surface area contributed by atoms with E-state index in [0.717, 1.165) is 23.3 Å². The lowest BCUT2D eigenvalue weighted by atomic mass is 9.80. The average Bonchev–Trinajstić information content (AvgIpc) is 2.42. The zero-order valence-corrected chi connectivity index (χ0v) is 14.5. The zero-order chi connectivity index (χ0) is 15.6. The van der Waals surface area contributed by atoms with Gasteiger partial charge in [-0.15, -0.1) is 0 Å². The van der Waals surface area contributed by atoms with Crippen molar-refractivity contribution < 1.29 is 4.74 Å². The molecule has 1 fully saturated rings. The molecule has 118 valence electrons. The van der Waals surface area contributed by atoms with Crippen LogP contribution in [0, 0.1) is 11.8 Å². The summed E-state index contributed by atoms with van der Waals surface area (Å²) in [5.74, 6) is 2.49. The number of nitrogens with one attached hydrogen (secondary N) is 1. The van der Waals surface area contributed by atoms with Gasteiger partial charge in [0.25, 0.3) is 0 Å². The maximum absolute atomic E-state index is 5.55. The molecule has 0 spiro atoms. The van der Waals surface area contributed by atoms with Crippen LogP contribution in [0.4, 0.5) is 5.69 Å². The fourth-order valence-electron chi connectivity index (χ4n) is 3.22. The van der Waals surface area contributed by atoms with E-state index in [-0.39, 0.29) is 5.41 Å². The highest BCUT2D eigenvalue weighted by Gasteiger charge is 2.26. The van der Waals surface area contributed by atoms with Crippen LogP contribution in [0.15, 0.2) is 18.2 Å². The van der Waals surface area contributed by atoms with E-state index >= 15 is 0 Å². The van der Waals surface area contributed by atoms with Crippen LogP contribution >= 0.6 is 0 Å². The van der Waals surface area contributed by atoms with E-state index in [9.17, 15) is 0 Å². The van der Waals surface area contributed by atoms with Gasteiger partial charge in [0.05, 0.1) is 12.8 Å². The third-order valence-corrected chi connectivity index (χ3v) is 4.86. The summed E-state index contributed by atoms with van der Waals surface area (Å²) in [6.07, 6.45) is 3.93. The molecule has 2 nitrogen and oxygen atoms in total. The molecule has 1 aliphatic carbocycles. The Morgan fingerprint density at radius 3 is 2.48 bits per heavy atom. The first-order valence-corrected chi connectivity index (χ1v) is 8.26. The molecule has 2 heteroatoms. The molecule has 0 aliphatic heterocycles. The molecule has 0 radical (unpaired) electrons. The number of rotatable bonds is 3. The molecule has 1 N–H and O–H groups in total. The van der Waals surface area contributed by atoms with E-state index in [4.69, 9.17) is 4.74 Å². The molecule has 3 atom stereocenters. The summed E-state index contributed by atoms with van der Waals surface area (Å²) in [6, 6.07) is 7.10. The van der Waals surface area contributed by atoms with Crippen LogP contribution in [0.3, 0.4) is 0 Å². The van der Waals surface area contributed by atoms with Gasteiger partial charge in [-0.3, -0.25) is 0 Å². The van der Waals surface area contributed by atoms with E-state index in [2.05, 4.69) is 58.1 Å². The summed E-state index contributed by atoms with van der Waals surface area (Å²) < 4.78 is 5.55. The largest absolute Gasteiger partial charge is 0.495 e. The number of ether oxygens (including phenoxy) is 1. The average molecular weight is 289 g/mol. The Labute approximate surface area is 130 Å². The second-order valence-corrected chi connectivity index (χ2v) is 7.81. The molecular weight excluding hydrogens is 258 g/mol. The van der Waals surface area contributed by atoms with Crippen LogP contribution in [0.2, 0.25) is 0 Å². The van der Waals surface area contributed by atoms with E-state index in [1.54, 1.807) is 7.11 Å². The summed E-state index contributed by atoms with van der Waals surface area (Å²) in [7, 11) is 1.75. The van der Waals surface area contributed by atoms with Crippen molar-refractivity contribution in [2.45, 2.75) is 65.3 Å². The van der Waals surface area contributed by atoms with E-state index in [1.807, 2.05) is 0 Å². The van der Waals surface area contributed by atoms with Gasteiger partial charge in [-0.1, -0.05) is 47.1 Å². The summed E-state index contributed by atoms with van der Waals surface area (Å²) in [5, 5.41) is 3.77. The Morgan fingerprint density at radius 1 is 1.14 bits per heavy atom. The number of hydrogen-bond donors (Lipinski definition) is 1. The van der Waals surface area contributed by atoms with Crippen molar-refractivity contribution >= 4 is 5.69 Å². The fourth-order valence-corrected chi connectivity index (χ4v) is 3.22. The van der Waals surface area contributed by atoms with Gasteiger partial charge in [-0.25, -0.2) is 0 Å². The topological polar surface area (TPSA) is 21.3 Å². The summed E-state index contributed by atoms with van der Waals surface area (Å²) in [5.41, 5.74) is 2.66. The van der Waals surface area contributed by atoms with Crippen molar-refractivity contribution in [1.82, 2.24) is 0 Å². The lowest BCUT2D eigenvalue weighted by Gasteiger charge is -2.34. The Bertz CT molecular complexity index is 475. The lowest BCUT2D eigenvalue weighted by molar-refractivity contribution is 0.280. The smallest absolute Gasteiger partial charge is 0.141 e. The Kier molecular flexibility index (Phi) is 4.85. The molecule has 0 bridgehead atoms. The normalized spacial score (nSPS) is 26.5. The third-order valence-electron chi connectivity index (χ3n) is 4.86. The first-order chi connectivity index (χ1) is 9.81. The lowest BCUT2D eigenvalue weighted by Crippen LogP contribution is -2.33. The van der Waals surface area contributed by atoms with Crippen molar-refractivity contribution in [2.75, 3.05) is 12.4 Å². The quantitative estimate of drug-likeness (QED) is 0.822. The molecule has 21 heavy (non-hydrogen) atoms. The summed E-state index contributed by atoms with van der Waals surface area (Å²) in [6.45, 7) is 11.5. The van der Waals surface area contributed by atoms with E-state index < -0.39 is 0 Å². The minimum absolute atomic E-state index is 0.161. The first-order valence-electron chi connectivity index (χ1n) is 8.26. The van der Waals surface area contributed by atoms with Gasteiger partial charge >= 0.3 is 0 Å². The summed E-state index contributed by atoms with van der Waals surface area (Å²) in [4.78, 5) is 0. The third kappa shape index (κ3) is 3.93. The van der Waals surface area contributed by atoms with Gasteiger partial charge in [0.2, 0.25) is 0 Å². The fraction of sp³-hybridized carbons (Fsp3) is 0.684. The highest BCUT2D eigenvalue weighted by molar-refractivity contribution is 5.59. The van der Waals surface area contributed by atoms with Crippen LogP contribution in [0.1, 0.15) is 59.4 Å². The molecule has 1 aliphatic rings. The second kappa shape index (κ2) is 6.29. The van der Waals surface area contributed by atoms with Crippen LogP contribution in [-0.4, -0.2) is 13.2 Å². The SMILES string of the molecule is COc1ccc(C(C)(C)C)cc1NC1CC(C)CCC1C. The van der Waals surface area contributed by atoms with Gasteiger partial charge in [-0.05, 0) is 47.8 Å². The molecule has 0 aromatic heterocycles. The van der Waals surface area contributed by atoms with Crippen molar-refractivity contribution in [3.05, 3.63) is 23.8 Å². The molecule has 0 amide bonds. The minimum Gasteiger partial charge on any atom is -0.495 e. The van der Waals surface area contributed by atoms with Crippen LogP contribution in [0.5, 0.6) is 5.75 Å². The van der Waals surface area contributed by atoms with Gasteiger partial charge in [0, 0.05) is 6.04 Å². The Morgan fingerprint density at radius 2 is 1.86 bits per heavy atom. The zero-order valence-electron chi connectivity index (χ0n) is 14.5. The Hall–Kier alpha value is -1.18. The second-order valence-electron chi connectivity index (χ2n) is 7.81. The molecule has 1 aromatic rings. The number of hydrogen-bond acceptors (Lipinski definition) is 2. The molecule has 1 saturated carbocycles. The molecule has 1 aromatic carbocycles. The maximum atomic E-state index is 5.55. The number of anilines is 1. The Balaban J connectivity index is 2.24. The van der Waals surface area contributed by atoms with Gasteiger partial charge in [-0.2, -0.15) is 0 Å². The monoisotopic (exact) mass is 289 g/mol. The standard InChI is InChI=1S/C19H31NO/c1-13-7-8-14(2)16(11-13)20-17-12-15(19(3,4)5)9-10-18(17)21-6/h9-10,12-14,16,20H,7-8,11H2,1-6H3. The van der Waals surface area contributed by atoms with Crippen LogP contribution in [0.25, 0.3) is 0 Å². The van der Waals surface area contributed by atoms with Gasteiger partial charge in [0.15, 0.2) is 0 Å². The van der Waals surface area contributed by atoms with E-state index in [0.29, 0.717) is 6.04 Å². The van der Waals surface area contributed by atoms with Crippen molar-refractivity contribution in [3.8, 4) is 5.75 Å². The van der Waals surface area contributed by atoms with Gasteiger partial charge in [0.1, 0.15) is 5.75 Å². The number of benzene rings is 1. The molecule has 3 unspecified atom stereocenters. The molecule has 0 heterocycles. The highest BCUT2D eigenvalue weighted by Crippen LogP contribution is 2.35. The van der Waals surface area contributed by atoms with Crippen molar-refractivity contribution in [3.63, 3.8) is 0 Å². The first kappa shape index (κ1) is 16.2. The summed E-state index contributed by atoms with van der Waals surface area (Å²) >= 11 is 0. The van der Waals surface area contributed by atoms with E-state index in [1.165, 1.54) is 24.8 Å². The van der Waals surface area contributed by atoms with Crippen molar-refractivity contribution in [2.24, 2.45) is 11.8 Å². The molecular formula is C19H31NO. The maximum Gasteiger partial charge on any atom is 0.141 e. The van der Waals surface area contributed by atoms with Crippen molar-refractivity contribution in [1.29, 1.82) is 0 Å². The molecule has 2 rings (SSSR count). The van der Waals surface area contributed by atoms with Crippen LogP contribution < -0.4 is 10.1 Å². The minimum atomic E-state index is 0.161. The molecule has 0 saturated heterocycles. The highest BCUT2D eigenvalue weighted by atomic mass is 16.5. The van der Waals surface area contributed by atoms with Crippen LogP contribution in [-0.2, 0) is 5.41 Å². The van der Waals surface area contributed by atoms with Gasteiger partial charge < -0.3 is 10.1 Å².